The monoisotopic (exact) mass is 266 g/mol. The van der Waals surface area contributed by atoms with Gasteiger partial charge in [0.2, 0.25) is 6.23 Å². The molecule has 0 saturated carbocycles. The van der Waals surface area contributed by atoms with Crippen molar-refractivity contribution in [2.45, 2.75) is 19.8 Å². The van der Waals surface area contributed by atoms with Gasteiger partial charge in [-0.05, 0) is 12.5 Å². The second-order valence-electron chi connectivity index (χ2n) is 4.65. The minimum Gasteiger partial charge on any atom is -0.458 e. The van der Waals surface area contributed by atoms with E-state index in [1.54, 1.807) is 5.06 Å². The Morgan fingerprint density at radius 2 is 1.70 bits per heavy atom. The van der Waals surface area contributed by atoms with E-state index >= 15 is 0 Å². The first kappa shape index (κ1) is 12.8. The summed E-state index contributed by atoms with van der Waals surface area (Å²) in [6.45, 7) is 2.43. The lowest BCUT2D eigenvalue weighted by molar-refractivity contribution is -0.208. The molecular formula is C17H16NO2. The summed E-state index contributed by atoms with van der Waals surface area (Å²) in [5.74, 6) is 0. The minimum absolute atomic E-state index is 0.264. The number of ether oxygens (including phenoxy) is 1. The zero-order valence-electron chi connectivity index (χ0n) is 11.3. The maximum Gasteiger partial charge on any atom is 0.221 e. The van der Waals surface area contributed by atoms with Gasteiger partial charge < -0.3 is 4.74 Å². The number of hydrogen-bond acceptors (Lipinski definition) is 3. The summed E-state index contributed by atoms with van der Waals surface area (Å²) in [4.78, 5) is 5.88. The smallest absolute Gasteiger partial charge is 0.221 e. The van der Waals surface area contributed by atoms with Crippen molar-refractivity contribution in [2.75, 3.05) is 0 Å². The van der Waals surface area contributed by atoms with Gasteiger partial charge >= 0.3 is 0 Å². The van der Waals surface area contributed by atoms with Crippen LogP contribution in [0.1, 0.15) is 24.3 Å². The van der Waals surface area contributed by atoms with Gasteiger partial charge in [-0.25, -0.2) is 5.06 Å². The lowest BCUT2D eigenvalue weighted by atomic mass is 10.2. The Hall–Kier alpha value is -2.26. The summed E-state index contributed by atoms with van der Waals surface area (Å²) in [7, 11) is 0. The van der Waals surface area contributed by atoms with E-state index in [0.29, 0.717) is 6.61 Å². The van der Waals surface area contributed by atoms with Crippen molar-refractivity contribution in [1.29, 1.82) is 0 Å². The van der Waals surface area contributed by atoms with E-state index in [0.717, 1.165) is 16.8 Å². The normalized spacial score (nSPS) is 17.8. The zero-order chi connectivity index (χ0) is 13.8. The van der Waals surface area contributed by atoms with Gasteiger partial charge in [0.1, 0.15) is 6.61 Å². The van der Waals surface area contributed by atoms with Crippen LogP contribution in [0, 0.1) is 6.26 Å². The van der Waals surface area contributed by atoms with Crippen LogP contribution in [0.3, 0.4) is 0 Å². The standard InChI is InChI=1S/C17H16NO2/c1-14-12-19-17(16-10-6-3-7-11-16)18(14)20-13-15-8-4-2-5-9-15/h2-11,17H,13H2,1H3. The number of rotatable bonds is 4. The summed E-state index contributed by atoms with van der Waals surface area (Å²) >= 11 is 0. The first-order valence-electron chi connectivity index (χ1n) is 6.61. The van der Waals surface area contributed by atoms with Crippen molar-refractivity contribution in [3.8, 4) is 0 Å². The first-order chi connectivity index (χ1) is 9.84. The molecule has 0 aromatic heterocycles. The van der Waals surface area contributed by atoms with E-state index in [4.69, 9.17) is 9.57 Å². The highest BCUT2D eigenvalue weighted by Gasteiger charge is 2.28. The van der Waals surface area contributed by atoms with Crippen LogP contribution in [0.25, 0.3) is 0 Å². The number of hydroxylamine groups is 2. The molecule has 0 aliphatic carbocycles. The van der Waals surface area contributed by atoms with E-state index in [2.05, 4.69) is 6.26 Å². The third kappa shape index (κ3) is 2.68. The van der Waals surface area contributed by atoms with E-state index in [1.165, 1.54) is 0 Å². The van der Waals surface area contributed by atoms with Crippen molar-refractivity contribution in [3.05, 3.63) is 83.7 Å². The Balaban J connectivity index is 1.71. The average molecular weight is 266 g/mol. The van der Waals surface area contributed by atoms with Crippen LogP contribution in [-0.2, 0) is 16.2 Å². The van der Waals surface area contributed by atoms with Crippen LogP contribution in [0.5, 0.6) is 0 Å². The van der Waals surface area contributed by atoms with E-state index in [-0.39, 0.29) is 6.23 Å². The first-order valence-corrected chi connectivity index (χ1v) is 6.61. The Labute approximate surface area is 119 Å². The van der Waals surface area contributed by atoms with E-state index in [9.17, 15) is 0 Å². The molecule has 101 valence electrons. The molecule has 20 heavy (non-hydrogen) atoms. The van der Waals surface area contributed by atoms with Crippen LogP contribution in [-0.4, -0.2) is 5.06 Å². The number of allylic oxidation sites excluding steroid dienone is 1. The maximum atomic E-state index is 5.88. The summed E-state index contributed by atoms with van der Waals surface area (Å²) in [5, 5.41) is 1.77. The highest BCUT2D eigenvalue weighted by atomic mass is 16.7. The molecule has 0 amide bonds. The molecule has 0 fully saturated rings. The largest absolute Gasteiger partial charge is 0.458 e. The quantitative estimate of drug-likeness (QED) is 0.840. The number of benzene rings is 2. The molecule has 1 aliphatic rings. The average Bonchev–Trinajstić information content (AvgIpc) is 2.88. The Morgan fingerprint density at radius 3 is 2.40 bits per heavy atom. The second-order valence-corrected chi connectivity index (χ2v) is 4.65. The van der Waals surface area contributed by atoms with Gasteiger partial charge in [-0.15, -0.1) is 0 Å². The molecule has 1 heterocycles. The molecule has 1 radical (unpaired) electrons. The molecule has 3 rings (SSSR count). The van der Waals surface area contributed by atoms with Crippen molar-refractivity contribution in [2.24, 2.45) is 0 Å². The Kier molecular flexibility index (Phi) is 3.70. The van der Waals surface area contributed by atoms with Crippen LogP contribution in [0.2, 0.25) is 0 Å². The predicted molar refractivity (Wildman–Crippen MR) is 75.8 cm³/mol. The fourth-order valence-electron chi connectivity index (χ4n) is 2.11. The van der Waals surface area contributed by atoms with Crippen molar-refractivity contribution < 1.29 is 9.57 Å². The lowest BCUT2D eigenvalue weighted by Crippen LogP contribution is -2.24. The molecular weight excluding hydrogens is 250 g/mol. The van der Waals surface area contributed by atoms with Crippen LogP contribution in [0.15, 0.2) is 66.4 Å². The molecule has 2 aromatic rings. The molecule has 1 atom stereocenters. The highest BCUT2D eigenvalue weighted by molar-refractivity contribution is 5.19. The van der Waals surface area contributed by atoms with Gasteiger partial charge in [-0.3, -0.25) is 4.84 Å². The molecule has 0 N–H and O–H groups in total. The minimum atomic E-state index is -0.264. The predicted octanol–water partition coefficient (Wildman–Crippen LogP) is 3.81. The zero-order valence-corrected chi connectivity index (χ0v) is 11.3. The lowest BCUT2D eigenvalue weighted by Gasteiger charge is -2.25. The summed E-state index contributed by atoms with van der Waals surface area (Å²) in [6, 6.07) is 20.1. The Morgan fingerprint density at radius 1 is 1.05 bits per heavy atom. The van der Waals surface area contributed by atoms with E-state index in [1.807, 2.05) is 67.6 Å². The van der Waals surface area contributed by atoms with Gasteiger partial charge in [0.15, 0.2) is 6.26 Å². The van der Waals surface area contributed by atoms with Gasteiger partial charge in [0, 0.05) is 5.56 Å². The molecule has 0 spiro atoms. The molecule has 2 aromatic carbocycles. The molecule has 1 unspecified atom stereocenters. The molecule has 3 nitrogen and oxygen atoms in total. The maximum absolute atomic E-state index is 5.88. The van der Waals surface area contributed by atoms with Crippen molar-refractivity contribution >= 4 is 0 Å². The molecule has 0 bridgehead atoms. The third-order valence-electron chi connectivity index (χ3n) is 3.16. The Bertz CT molecular complexity index is 580. The van der Waals surface area contributed by atoms with Gasteiger partial charge in [-0.1, -0.05) is 60.7 Å². The molecule has 0 saturated heterocycles. The van der Waals surface area contributed by atoms with Crippen molar-refractivity contribution in [3.63, 3.8) is 0 Å². The fraction of sp³-hybridized carbons (Fsp3) is 0.176. The molecule has 1 aliphatic heterocycles. The van der Waals surface area contributed by atoms with E-state index < -0.39 is 0 Å². The summed E-state index contributed by atoms with van der Waals surface area (Å²) < 4.78 is 5.57. The van der Waals surface area contributed by atoms with Gasteiger partial charge in [-0.2, -0.15) is 0 Å². The molecule has 3 heteroatoms. The second kappa shape index (κ2) is 5.80. The van der Waals surface area contributed by atoms with Crippen LogP contribution >= 0.6 is 0 Å². The highest BCUT2D eigenvalue weighted by Crippen LogP contribution is 2.31. The van der Waals surface area contributed by atoms with Gasteiger partial charge in [0.05, 0.1) is 5.70 Å². The number of nitrogens with zero attached hydrogens (tertiary/aromatic N) is 1. The summed E-state index contributed by atoms with van der Waals surface area (Å²) in [6.07, 6.45) is 2.61. The van der Waals surface area contributed by atoms with Gasteiger partial charge in [0.25, 0.3) is 0 Å². The van der Waals surface area contributed by atoms with Crippen LogP contribution in [0.4, 0.5) is 0 Å². The van der Waals surface area contributed by atoms with Crippen LogP contribution < -0.4 is 0 Å². The SMILES string of the molecule is CC1=[C]OC(c2ccccc2)N1OCc1ccccc1. The van der Waals surface area contributed by atoms with Crippen molar-refractivity contribution in [1.82, 2.24) is 5.06 Å². The fourth-order valence-corrected chi connectivity index (χ4v) is 2.11. The number of hydrogen-bond donors (Lipinski definition) is 0. The third-order valence-corrected chi connectivity index (χ3v) is 3.16. The summed E-state index contributed by atoms with van der Waals surface area (Å²) in [5.41, 5.74) is 3.01. The topological polar surface area (TPSA) is 21.7 Å².